The minimum absolute atomic E-state index is 0.0654. The summed E-state index contributed by atoms with van der Waals surface area (Å²) in [6.45, 7) is 2.06. The fraction of sp³-hybridized carbons (Fsp3) is 0.421. The van der Waals surface area contributed by atoms with Crippen LogP contribution < -0.4 is 10.6 Å². The third-order valence-corrected chi connectivity index (χ3v) is 4.19. The summed E-state index contributed by atoms with van der Waals surface area (Å²) in [7, 11) is 0. The Hall–Kier alpha value is -2.83. The van der Waals surface area contributed by atoms with Crippen LogP contribution >= 0.6 is 0 Å². The van der Waals surface area contributed by atoms with Crippen molar-refractivity contribution in [3.05, 3.63) is 36.0 Å². The lowest BCUT2D eigenvalue weighted by atomic mass is 10.0. The molecule has 2 aromatic rings. The molecule has 0 aliphatic carbocycles. The fourth-order valence-electron chi connectivity index (χ4n) is 2.84. The molecule has 1 unspecified atom stereocenters. The minimum atomic E-state index is -1.05. The van der Waals surface area contributed by atoms with E-state index in [1.54, 1.807) is 6.20 Å². The molecule has 26 heavy (non-hydrogen) atoms. The van der Waals surface area contributed by atoms with Crippen molar-refractivity contribution in [3.63, 3.8) is 0 Å². The van der Waals surface area contributed by atoms with Gasteiger partial charge in [-0.25, -0.2) is 4.79 Å². The highest BCUT2D eigenvalue weighted by Gasteiger charge is 2.21. The number of hydrogen-bond donors (Lipinski definition) is 4. The first-order valence-electron chi connectivity index (χ1n) is 8.79. The maximum absolute atomic E-state index is 12.0. The molecular formula is C19H25N3O4. The quantitative estimate of drug-likeness (QED) is 0.486. The van der Waals surface area contributed by atoms with E-state index in [9.17, 15) is 19.5 Å². The summed E-state index contributed by atoms with van der Waals surface area (Å²) in [6, 6.07) is 6.70. The van der Waals surface area contributed by atoms with Gasteiger partial charge in [-0.05, 0) is 24.5 Å². The van der Waals surface area contributed by atoms with Crippen LogP contribution in [0.15, 0.2) is 30.5 Å². The normalized spacial score (nSPS) is 11.9. The second-order valence-electron chi connectivity index (χ2n) is 6.32. The van der Waals surface area contributed by atoms with Gasteiger partial charge in [0, 0.05) is 43.4 Å². The molecule has 140 valence electrons. The monoisotopic (exact) mass is 359 g/mol. The predicted octanol–water partition coefficient (Wildman–Crippen LogP) is 1.98. The number of fused-ring (bicyclic) bond motifs is 1. The van der Waals surface area contributed by atoms with E-state index in [0.717, 1.165) is 29.3 Å². The van der Waals surface area contributed by atoms with E-state index < -0.39 is 12.0 Å². The van der Waals surface area contributed by atoms with E-state index in [-0.39, 0.29) is 24.7 Å². The maximum Gasteiger partial charge on any atom is 0.326 e. The van der Waals surface area contributed by atoms with Gasteiger partial charge < -0.3 is 20.7 Å². The molecule has 0 aliphatic heterocycles. The highest BCUT2D eigenvalue weighted by Crippen LogP contribution is 2.19. The second kappa shape index (κ2) is 9.60. The van der Waals surface area contributed by atoms with Gasteiger partial charge in [0.15, 0.2) is 0 Å². The van der Waals surface area contributed by atoms with Crippen LogP contribution in [0.25, 0.3) is 10.9 Å². The van der Waals surface area contributed by atoms with E-state index in [1.807, 2.05) is 24.3 Å². The van der Waals surface area contributed by atoms with E-state index in [0.29, 0.717) is 13.0 Å². The molecule has 0 fully saturated rings. The first-order chi connectivity index (χ1) is 12.5. The Morgan fingerprint density at radius 1 is 1.15 bits per heavy atom. The topological polar surface area (TPSA) is 111 Å². The van der Waals surface area contributed by atoms with E-state index >= 15 is 0 Å². The molecule has 0 bridgehead atoms. The molecule has 7 nitrogen and oxygen atoms in total. The molecule has 0 saturated heterocycles. The molecular weight excluding hydrogens is 334 g/mol. The number of para-hydroxylation sites is 1. The number of carbonyl (C=O) groups excluding carboxylic acids is 2. The van der Waals surface area contributed by atoms with Gasteiger partial charge in [-0.15, -0.1) is 0 Å². The Kier molecular flexibility index (Phi) is 7.20. The fourth-order valence-corrected chi connectivity index (χ4v) is 2.84. The molecule has 0 saturated carbocycles. The zero-order valence-electron chi connectivity index (χ0n) is 14.9. The number of amides is 2. The number of benzene rings is 1. The number of nitrogens with one attached hydrogen (secondary N) is 3. The third kappa shape index (κ3) is 5.91. The molecule has 1 aromatic carbocycles. The first-order valence-corrected chi connectivity index (χ1v) is 8.79. The smallest absolute Gasteiger partial charge is 0.326 e. The Morgan fingerprint density at radius 2 is 1.92 bits per heavy atom. The van der Waals surface area contributed by atoms with Crippen LogP contribution in [0.4, 0.5) is 0 Å². The molecule has 1 heterocycles. The molecule has 4 N–H and O–H groups in total. The van der Waals surface area contributed by atoms with Gasteiger partial charge in [0.05, 0.1) is 0 Å². The number of unbranched alkanes of at least 4 members (excludes halogenated alkanes) is 2. The minimum Gasteiger partial charge on any atom is -0.480 e. The Morgan fingerprint density at radius 3 is 2.65 bits per heavy atom. The Labute approximate surface area is 152 Å². The standard InChI is InChI=1S/C19H25N3O4/c1-13(23)20-10-6-2-3-9-18(24)22-17(19(25)26)11-14-12-21-16-8-5-4-7-15(14)16/h4-5,7-8,12,17,21H,2-3,6,9-11H2,1H3,(H,20,23)(H,22,24)(H,25,26). The number of aromatic nitrogens is 1. The van der Waals surface area contributed by atoms with Crippen LogP contribution in [-0.2, 0) is 20.8 Å². The molecule has 0 radical (unpaired) electrons. The van der Waals surface area contributed by atoms with Crippen LogP contribution in [0, 0.1) is 0 Å². The molecule has 7 heteroatoms. The van der Waals surface area contributed by atoms with Crippen molar-refractivity contribution in [2.45, 2.75) is 45.1 Å². The van der Waals surface area contributed by atoms with Crippen molar-refractivity contribution in [2.75, 3.05) is 6.54 Å². The van der Waals surface area contributed by atoms with Crippen LogP contribution in [-0.4, -0.2) is 40.5 Å². The first kappa shape index (κ1) is 19.5. The van der Waals surface area contributed by atoms with Gasteiger partial charge in [0.2, 0.25) is 11.8 Å². The Bertz CT molecular complexity index is 769. The average molecular weight is 359 g/mol. The van der Waals surface area contributed by atoms with Crippen molar-refractivity contribution >= 4 is 28.7 Å². The molecule has 0 aliphatic rings. The van der Waals surface area contributed by atoms with Gasteiger partial charge in [0.1, 0.15) is 6.04 Å². The van der Waals surface area contributed by atoms with Crippen molar-refractivity contribution in [3.8, 4) is 0 Å². The maximum atomic E-state index is 12.0. The van der Waals surface area contributed by atoms with E-state index in [1.165, 1.54) is 6.92 Å². The highest BCUT2D eigenvalue weighted by atomic mass is 16.4. The van der Waals surface area contributed by atoms with Crippen LogP contribution in [0.1, 0.15) is 38.2 Å². The number of H-pyrrole nitrogens is 1. The summed E-state index contributed by atoms with van der Waals surface area (Å²) in [5.41, 5.74) is 1.81. The summed E-state index contributed by atoms with van der Waals surface area (Å²) in [5, 5.41) is 15.7. The van der Waals surface area contributed by atoms with Gasteiger partial charge in [-0.1, -0.05) is 24.6 Å². The van der Waals surface area contributed by atoms with Crippen molar-refractivity contribution < 1.29 is 19.5 Å². The second-order valence-corrected chi connectivity index (χ2v) is 6.32. The third-order valence-electron chi connectivity index (χ3n) is 4.19. The molecule has 1 atom stereocenters. The summed E-state index contributed by atoms with van der Waals surface area (Å²) in [5.74, 6) is -1.38. The van der Waals surface area contributed by atoms with Gasteiger partial charge in [0.25, 0.3) is 0 Å². The SMILES string of the molecule is CC(=O)NCCCCCC(=O)NC(Cc1c[nH]c2ccccc12)C(=O)O. The summed E-state index contributed by atoms with van der Waals surface area (Å²) in [6.07, 6.45) is 4.55. The Balaban J connectivity index is 1.81. The number of rotatable bonds is 10. The number of carbonyl (C=O) groups is 3. The van der Waals surface area contributed by atoms with Crippen molar-refractivity contribution in [1.82, 2.24) is 15.6 Å². The number of aliphatic carboxylic acids is 1. The lowest BCUT2D eigenvalue weighted by Gasteiger charge is -2.14. The number of carboxylic acids is 1. The van der Waals surface area contributed by atoms with Gasteiger partial charge in [-0.2, -0.15) is 0 Å². The summed E-state index contributed by atoms with van der Waals surface area (Å²) in [4.78, 5) is 37.4. The molecule has 1 aromatic heterocycles. The van der Waals surface area contributed by atoms with Crippen LogP contribution in [0.5, 0.6) is 0 Å². The number of aromatic amines is 1. The van der Waals surface area contributed by atoms with E-state index in [4.69, 9.17) is 0 Å². The lowest BCUT2D eigenvalue weighted by Crippen LogP contribution is -2.42. The molecule has 2 rings (SSSR count). The number of hydrogen-bond acceptors (Lipinski definition) is 3. The summed E-state index contributed by atoms with van der Waals surface area (Å²) < 4.78 is 0. The van der Waals surface area contributed by atoms with E-state index in [2.05, 4.69) is 15.6 Å². The zero-order chi connectivity index (χ0) is 18.9. The van der Waals surface area contributed by atoms with Crippen LogP contribution in [0.2, 0.25) is 0 Å². The van der Waals surface area contributed by atoms with Crippen molar-refractivity contribution in [1.29, 1.82) is 0 Å². The zero-order valence-corrected chi connectivity index (χ0v) is 14.9. The summed E-state index contributed by atoms with van der Waals surface area (Å²) >= 11 is 0. The lowest BCUT2D eigenvalue weighted by molar-refractivity contribution is -0.141. The molecule has 0 spiro atoms. The predicted molar refractivity (Wildman–Crippen MR) is 98.7 cm³/mol. The van der Waals surface area contributed by atoms with Gasteiger partial charge >= 0.3 is 5.97 Å². The molecule has 2 amide bonds. The number of carboxylic acid groups (broad SMARTS) is 1. The highest BCUT2D eigenvalue weighted by molar-refractivity contribution is 5.86. The van der Waals surface area contributed by atoms with Gasteiger partial charge in [-0.3, -0.25) is 9.59 Å². The average Bonchev–Trinajstić information content (AvgIpc) is 3.00. The largest absolute Gasteiger partial charge is 0.480 e. The van der Waals surface area contributed by atoms with Crippen LogP contribution in [0.3, 0.4) is 0 Å². The van der Waals surface area contributed by atoms with Crippen molar-refractivity contribution in [2.24, 2.45) is 0 Å².